The average Bonchev–Trinajstić information content (AvgIpc) is 1.95. The Labute approximate surface area is 60.6 Å². The van der Waals surface area contributed by atoms with Gasteiger partial charge in [-0.2, -0.15) is 0 Å². The van der Waals surface area contributed by atoms with Crippen molar-refractivity contribution >= 4 is 6.08 Å². The quantitative estimate of drug-likeness (QED) is 0.585. The van der Waals surface area contributed by atoms with Gasteiger partial charge < -0.3 is 5.11 Å². The monoisotopic (exact) mass is 134 g/mol. The summed E-state index contributed by atoms with van der Waals surface area (Å²) in [6.07, 6.45) is 2.70. The van der Waals surface area contributed by atoms with Crippen LogP contribution in [0, 0.1) is 6.92 Å². The fourth-order valence-electron chi connectivity index (χ4n) is 0.764. The zero-order chi connectivity index (χ0) is 7.40. The summed E-state index contributed by atoms with van der Waals surface area (Å²) < 4.78 is 0. The van der Waals surface area contributed by atoms with E-state index in [-0.39, 0.29) is 0 Å². The van der Waals surface area contributed by atoms with E-state index in [0.29, 0.717) is 0 Å². The van der Waals surface area contributed by atoms with E-state index in [1.165, 1.54) is 5.56 Å². The number of aryl methyl sites for hydroxylation is 1. The Balaban J connectivity index is 2.89. The number of benzene rings is 1. The minimum atomic E-state index is 1.02. The SMILES string of the molecule is Cc1ccc(/C=C\O)cc1. The van der Waals surface area contributed by atoms with Gasteiger partial charge >= 0.3 is 0 Å². The Morgan fingerprint density at radius 1 is 1.20 bits per heavy atom. The molecule has 0 heterocycles. The zero-order valence-electron chi connectivity index (χ0n) is 5.91. The van der Waals surface area contributed by atoms with Crippen molar-refractivity contribution in [2.24, 2.45) is 0 Å². The third-order valence-electron chi connectivity index (χ3n) is 1.34. The van der Waals surface area contributed by atoms with E-state index < -0.39 is 0 Å². The highest BCUT2D eigenvalue weighted by atomic mass is 16.2. The van der Waals surface area contributed by atoms with Gasteiger partial charge in [-0.05, 0) is 18.6 Å². The van der Waals surface area contributed by atoms with Crippen molar-refractivity contribution in [3.63, 3.8) is 0 Å². The van der Waals surface area contributed by atoms with Crippen molar-refractivity contribution in [1.29, 1.82) is 0 Å². The molecule has 0 aliphatic rings. The van der Waals surface area contributed by atoms with Gasteiger partial charge in [0, 0.05) is 0 Å². The molecule has 0 unspecified atom stereocenters. The molecule has 0 aliphatic heterocycles. The van der Waals surface area contributed by atoms with Crippen molar-refractivity contribution in [2.45, 2.75) is 6.92 Å². The van der Waals surface area contributed by atoms with Gasteiger partial charge in [-0.3, -0.25) is 0 Å². The molecule has 0 aromatic heterocycles. The Bertz CT molecular complexity index is 221. The summed E-state index contributed by atoms with van der Waals surface area (Å²) in [5.74, 6) is 0. The second-order valence-electron chi connectivity index (χ2n) is 2.23. The first-order valence-corrected chi connectivity index (χ1v) is 3.20. The normalized spacial score (nSPS) is 10.5. The number of aliphatic hydroxyl groups excluding tert-OH is 1. The molecule has 0 spiro atoms. The maximum Gasteiger partial charge on any atom is 0.0797 e. The molecule has 0 radical (unpaired) electrons. The topological polar surface area (TPSA) is 20.2 Å². The Morgan fingerprint density at radius 2 is 1.80 bits per heavy atom. The van der Waals surface area contributed by atoms with Gasteiger partial charge in [0.05, 0.1) is 6.26 Å². The fourth-order valence-corrected chi connectivity index (χ4v) is 0.764. The van der Waals surface area contributed by atoms with Crippen LogP contribution < -0.4 is 0 Å². The van der Waals surface area contributed by atoms with E-state index in [0.717, 1.165) is 11.8 Å². The van der Waals surface area contributed by atoms with E-state index in [4.69, 9.17) is 5.11 Å². The van der Waals surface area contributed by atoms with Crippen LogP contribution in [0.3, 0.4) is 0 Å². The van der Waals surface area contributed by atoms with Crippen LogP contribution >= 0.6 is 0 Å². The van der Waals surface area contributed by atoms with Crippen LogP contribution in [0.1, 0.15) is 11.1 Å². The van der Waals surface area contributed by atoms with Gasteiger partial charge in [0.15, 0.2) is 0 Å². The molecule has 1 aromatic rings. The number of hydrogen-bond acceptors (Lipinski definition) is 1. The molecule has 0 saturated heterocycles. The molecule has 1 nitrogen and oxygen atoms in total. The second-order valence-corrected chi connectivity index (χ2v) is 2.23. The van der Waals surface area contributed by atoms with Crippen molar-refractivity contribution in [3.05, 3.63) is 41.7 Å². The zero-order valence-corrected chi connectivity index (χ0v) is 5.91. The molecule has 1 N–H and O–H groups in total. The summed E-state index contributed by atoms with van der Waals surface area (Å²) in [7, 11) is 0. The summed E-state index contributed by atoms with van der Waals surface area (Å²) in [5, 5.41) is 8.41. The molecular weight excluding hydrogens is 124 g/mol. The predicted molar refractivity (Wildman–Crippen MR) is 42.8 cm³/mol. The highest BCUT2D eigenvalue weighted by molar-refractivity contribution is 5.48. The lowest BCUT2D eigenvalue weighted by atomic mass is 10.1. The molecule has 0 amide bonds. The van der Waals surface area contributed by atoms with Crippen LogP contribution in [0.4, 0.5) is 0 Å². The highest BCUT2D eigenvalue weighted by Gasteiger charge is 1.83. The number of hydrogen-bond donors (Lipinski definition) is 1. The maximum atomic E-state index is 8.41. The number of rotatable bonds is 1. The van der Waals surface area contributed by atoms with Crippen LogP contribution in [0.2, 0.25) is 0 Å². The smallest absolute Gasteiger partial charge is 0.0797 e. The van der Waals surface area contributed by atoms with E-state index >= 15 is 0 Å². The van der Waals surface area contributed by atoms with E-state index in [1.807, 2.05) is 31.2 Å². The van der Waals surface area contributed by atoms with Gasteiger partial charge in [0.2, 0.25) is 0 Å². The average molecular weight is 134 g/mol. The first kappa shape index (κ1) is 6.87. The molecule has 0 atom stereocenters. The second kappa shape index (κ2) is 3.06. The molecule has 10 heavy (non-hydrogen) atoms. The van der Waals surface area contributed by atoms with Crippen LogP contribution in [-0.4, -0.2) is 5.11 Å². The molecule has 52 valence electrons. The Hall–Kier alpha value is -1.24. The fraction of sp³-hybridized carbons (Fsp3) is 0.111. The summed E-state index contributed by atoms with van der Waals surface area (Å²) >= 11 is 0. The molecule has 0 aliphatic carbocycles. The third-order valence-corrected chi connectivity index (χ3v) is 1.34. The molecule has 0 saturated carbocycles. The lowest BCUT2D eigenvalue weighted by molar-refractivity contribution is 0.478. The highest BCUT2D eigenvalue weighted by Crippen LogP contribution is 2.03. The summed E-state index contributed by atoms with van der Waals surface area (Å²) in [4.78, 5) is 0. The van der Waals surface area contributed by atoms with E-state index in [9.17, 15) is 0 Å². The third kappa shape index (κ3) is 1.62. The molecule has 1 heteroatoms. The molecule has 0 fully saturated rings. The first-order chi connectivity index (χ1) is 4.83. The van der Waals surface area contributed by atoms with Crippen LogP contribution in [0.5, 0.6) is 0 Å². The van der Waals surface area contributed by atoms with Gasteiger partial charge in [-0.15, -0.1) is 0 Å². The Kier molecular flexibility index (Phi) is 2.11. The van der Waals surface area contributed by atoms with Crippen molar-refractivity contribution in [2.75, 3.05) is 0 Å². The first-order valence-electron chi connectivity index (χ1n) is 3.20. The van der Waals surface area contributed by atoms with Crippen LogP contribution in [0.25, 0.3) is 6.08 Å². The molecule has 0 bridgehead atoms. The van der Waals surface area contributed by atoms with E-state index in [1.54, 1.807) is 6.08 Å². The lowest BCUT2D eigenvalue weighted by Crippen LogP contribution is -1.72. The Morgan fingerprint density at radius 3 is 2.30 bits per heavy atom. The molecular formula is C9H10O. The summed E-state index contributed by atoms with van der Waals surface area (Å²) in [5.41, 5.74) is 2.25. The van der Waals surface area contributed by atoms with Gasteiger partial charge in [0.25, 0.3) is 0 Å². The van der Waals surface area contributed by atoms with Gasteiger partial charge in [-0.1, -0.05) is 29.8 Å². The number of aliphatic hydroxyl groups is 1. The van der Waals surface area contributed by atoms with Gasteiger partial charge in [0.1, 0.15) is 0 Å². The maximum absolute atomic E-state index is 8.41. The van der Waals surface area contributed by atoms with Gasteiger partial charge in [-0.25, -0.2) is 0 Å². The van der Waals surface area contributed by atoms with Crippen LogP contribution in [-0.2, 0) is 0 Å². The lowest BCUT2D eigenvalue weighted by Gasteiger charge is -1.92. The molecule has 1 aromatic carbocycles. The van der Waals surface area contributed by atoms with Crippen molar-refractivity contribution in [3.8, 4) is 0 Å². The minimum Gasteiger partial charge on any atom is -0.516 e. The van der Waals surface area contributed by atoms with Crippen molar-refractivity contribution in [1.82, 2.24) is 0 Å². The summed E-state index contributed by atoms with van der Waals surface area (Å²) in [6.45, 7) is 2.03. The largest absolute Gasteiger partial charge is 0.516 e. The van der Waals surface area contributed by atoms with E-state index in [2.05, 4.69) is 0 Å². The van der Waals surface area contributed by atoms with Crippen LogP contribution in [0.15, 0.2) is 30.5 Å². The standard InChI is InChI=1S/C9H10O/c1-8-2-4-9(5-3-8)6-7-10/h2-7,10H,1H3/b7-6-. The predicted octanol–water partition coefficient (Wildman–Crippen LogP) is 2.52. The molecule has 1 rings (SSSR count). The van der Waals surface area contributed by atoms with Crippen molar-refractivity contribution < 1.29 is 5.11 Å². The summed E-state index contributed by atoms with van der Waals surface area (Å²) in [6, 6.07) is 7.94. The minimum absolute atomic E-state index is 1.02.